The maximum absolute atomic E-state index is 12.4. The van der Waals surface area contributed by atoms with Crippen LogP contribution in [0.2, 0.25) is 0 Å². The van der Waals surface area contributed by atoms with Crippen molar-refractivity contribution < 1.29 is 64.1 Å². The first-order chi connectivity index (χ1) is 32.5. The summed E-state index contributed by atoms with van der Waals surface area (Å²) in [5, 5.41) is -2.31. The fraction of sp³-hybridized carbons (Fsp3) is 0.692. The van der Waals surface area contributed by atoms with Gasteiger partial charge in [0.05, 0.1) is 68.9 Å². The molecule has 2 aromatic carbocycles. The molecule has 2 unspecified atom stereocenters. The second-order valence-electron chi connectivity index (χ2n) is 17.6. The predicted molar refractivity (Wildman–Crippen MR) is 269 cm³/mol. The third-order valence-electron chi connectivity index (χ3n) is 11.7. The Balaban J connectivity index is 0.00000132. The van der Waals surface area contributed by atoms with E-state index in [9.17, 15) is 45.1 Å². The Morgan fingerprint density at radius 1 is 0.391 bits per heavy atom. The van der Waals surface area contributed by atoms with Crippen molar-refractivity contribution in [3.05, 3.63) is 70.8 Å². The zero-order valence-electron chi connectivity index (χ0n) is 42.2. The maximum atomic E-state index is 12.4. The van der Waals surface area contributed by atoms with Crippen LogP contribution in [-0.2, 0) is 39.2 Å². The van der Waals surface area contributed by atoms with Crippen molar-refractivity contribution in [2.45, 2.75) is 205 Å². The van der Waals surface area contributed by atoms with Gasteiger partial charge < -0.3 is 28.1 Å². The van der Waals surface area contributed by atoms with Gasteiger partial charge in [0.15, 0.2) is 0 Å². The van der Waals surface area contributed by atoms with E-state index >= 15 is 0 Å². The van der Waals surface area contributed by atoms with Gasteiger partial charge in [0.2, 0.25) is 0 Å². The summed E-state index contributed by atoms with van der Waals surface area (Å²) in [5.41, 5.74) is 0.325. The number of benzene rings is 2. The molecular weight excluding hydrogens is 953 g/mol. The van der Waals surface area contributed by atoms with Crippen molar-refractivity contribution in [3.63, 3.8) is 0 Å². The second kappa shape index (κ2) is 40.9. The van der Waals surface area contributed by atoms with Gasteiger partial charge in [-0.1, -0.05) is 179 Å². The van der Waals surface area contributed by atoms with E-state index < -0.39 is 54.6 Å². The summed E-state index contributed by atoms with van der Waals surface area (Å²) in [6, 6.07) is 12.4. The summed E-state index contributed by atoms with van der Waals surface area (Å²) in [5.74, 6) is -2.70. The molecule has 2 aromatic rings. The van der Waals surface area contributed by atoms with E-state index in [2.05, 4.69) is 13.8 Å². The number of unbranched alkanes of at least 4 members (excludes halogenated alkanes) is 22. The summed E-state index contributed by atoms with van der Waals surface area (Å²) < 4.78 is 86.3. The van der Waals surface area contributed by atoms with E-state index in [0.29, 0.717) is 13.2 Å². The fourth-order valence-electron chi connectivity index (χ4n) is 7.13. The average Bonchev–Trinajstić information content (AvgIpc) is 3.31. The summed E-state index contributed by atoms with van der Waals surface area (Å²) >= 11 is 0. The molecule has 388 valence electrons. The van der Waals surface area contributed by atoms with Gasteiger partial charge in [-0.2, -0.15) is 0 Å². The van der Waals surface area contributed by atoms with Gasteiger partial charge in [0.1, 0.15) is 0 Å². The number of carbonyl (C=O) groups is 4. The minimum atomic E-state index is -4.43. The normalized spacial score (nSPS) is 12.1. The second-order valence-corrected chi connectivity index (χ2v) is 21.2. The maximum Gasteiger partial charge on any atom is 2.00 e. The number of esters is 4. The molecule has 0 aliphatic heterocycles. The Kier molecular flexibility index (Phi) is 39.4. The molecular formula is C52H82CaO14S2. The molecule has 17 heteroatoms. The SMILES string of the molecule is CCCCCCCCCCCCCCOC(=O)c1ccccc1C(=O)OCCC(C)S(=O)(=O)[O-].CCCCCCCCCCCCCCOC(=O)c1ccccc1C(=O)OCCC(C)S(=O)(=O)[O-].[Ca+2]. The van der Waals surface area contributed by atoms with Crippen LogP contribution >= 0.6 is 0 Å². The zero-order valence-corrected chi connectivity index (χ0v) is 46.1. The monoisotopic (exact) mass is 1030 g/mol. The molecule has 0 radical (unpaired) electrons. The molecule has 0 amide bonds. The molecule has 0 heterocycles. The van der Waals surface area contributed by atoms with Crippen molar-refractivity contribution in [3.8, 4) is 0 Å². The minimum Gasteiger partial charge on any atom is -0.748 e. The molecule has 0 aliphatic carbocycles. The Labute approximate surface area is 445 Å². The average molecular weight is 1040 g/mol. The number of rotatable bonds is 38. The molecule has 69 heavy (non-hydrogen) atoms. The molecule has 0 saturated carbocycles. The third-order valence-corrected chi connectivity index (χ3v) is 14.1. The van der Waals surface area contributed by atoms with Gasteiger partial charge in [-0.05, 0) is 63.8 Å². The van der Waals surface area contributed by atoms with Crippen LogP contribution < -0.4 is 0 Å². The molecule has 0 aliphatic rings. The van der Waals surface area contributed by atoms with Gasteiger partial charge in [-0.15, -0.1) is 0 Å². The molecule has 0 fully saturated rings. The molecule has 2 rings (SSSR count). The van der Waals surface area contributed by atoms with E-state index in [4.69, 9.17) is 18.9 Å². The van der Waals surface area contributed by atoms with Crippen LogP contribution in [0.25, 0.3) is 0 Å². The summed E-state index contributed by atoms with van der Waals surface area (Å²) in [4.78, 5) is 49.5. The van der Waals surface area contributed by atoms with Crippen molar-refractivity contribution in [1.82, 2.24) is 0 Å². The van der Waals surface area contributed by atoms with Crippen molar-refractivity contribution in [1.29, 1.82) is 0 Å². The van der Waals surface area contributed by atoms with Crippen molar-refractivity contribution in [2.24, 2.45) is 0 Å². The minimum absolute atomic E-state index is 0. The number of hydrogen-bond acceptors (Lipinski definition) is 14. The smallest absolute Gasteiger partial charge is 0.748 e. The summed E-state index contributed by atoms with van der Waals surface area (Å²) in [6.07, 6.45) is 29.0. The largest absolute Gasteiger partial charge is 2.00 e. The molecule has 14 nitrogen and oxygen atoms in total. The van der Waals surface area contributed by atoms with Gasteiger partial charge in [0.25, 0.3) is 0 Å². The fourth-order valence-corrected chi connectivity index (χ4v) is 7.90. The molecule has 0 spiro atoms. The topological polar surface area (TPSA) is 220 Å². The third kappa shape index (κ3) is 32.9. The number of hydrogen-bond donors (Lipinski definition) is 0. The van der Waals surface area contributed by atoms with E-state index in [1.165, 1.54) is 154 Å². The van der Waals surface area contributed by atoms with Crippen LogP contribution in [0.15, 0.2) is 48.5 Å². The van der Waals surface area contributed by atoms with E-state index in [0.717, 1.165) is 38.5 Å². The standard InChI is InChI=1S/2C26H42O7S.Ca/c2*1-3-4-5-6-7-8-9-10-11-12-13-16-20-32-25(27)23-17-14-15-18-24(23)26(28)33-21-19-22(2)34(29,30)31;/h2*14-15,17-18,22H,3-13,16,19-21H2,1-2H3,(H,29,30,31);/q;;+2/p-2. The molecule has 2 atom stereocenters. The van der Waals surface area contributed by atoms with Gasteiger partial charge in [-0.25, -0.2) is 36.0 Å². The summed E-state index contributed by atoms with van der Waals surface area (Å²) in [7, 11) is -8.86. The Bertz CT molecular complexity index is 1790. The van der Waals surface area contributed by atoms with Gasteiger partial charge in [0, 0.05) is 10.5 Å². The van der Waals surface area contributed by atoms with E-state index in [1.807, 2.05) is 0 Å². The van der Waals surface area contributed by atoms with Crippen molar-refractivity contribution in [2.75, 3.05) is 26.4 Å². The molecule has 0 bridgehead atoms. The Hall–Kier alpha value is -2.60. The quantitative estimate of drug-likeness (QED) is 0.0201. The number of ether oxygens (including phenoxy) is 4. The van der Waals surface area contributed by atoms with Gasteiger partial charge in [-0.3, -0.25) is 0 Å². The summed E-state index contributed by atoms with van der Waals surface area (Å²) in [6.45, 7) is 7.10. The van der Waals surface area contributed by atoms with Crippen LogP contribution in [0.3, 0.4) is 0 Å². The van der Waals surface area contributed by atoms with E-state index in [1.54, 1.807) is 24.3 Å². The van der Waals surface area contributed by atoms with Crippen molar-refractivity contribution >= 4 is 81.9 Å². The molecule has 0 N–H and O–H groups in total. The van der Waals surface area contributed by atoms with Crippen LogP contribution in [0.1, 0.15) is 236 Å². The zero-order chi connectivity index (χ0) is 50.5. The van der Waals surface area contributed by atoms with E-state index in [-0.39, 0.29) is 86.0 Å². The van der Waals surface area contributed by atoms with Crippen LogP contribution in [0.4, 0.5) is 0 Å². The van der Waals surface area contributed by atoms with Gasteiger partial charge >= 0.3 is 61.6 Å². The number of carbonyl (C=O) groups excluding carboxylic acids is 4. The first-order valence-corrected chi connectivity index (χ1v) is 28.2. The first-order valence-electron chi connectivity index (χ1n) is 25.3. The first kappa shape index (κ1) is 66.4. The Morgan fingerprint density at radius 2 is 0.594 bits per heavy atom. The molecule has 0 aromatic heterocycles. The molecule has 0 saturated heterocycles. The van der Waals surface area contributed by atoms with Crippen LogP contribution in [0, 0.1) is 0 Å². The Morgan fingerprint density at radius 3 is 0.812 bits per heavy atom. The van der Waals surface area contributed by atoms with Crippen LogP contribution in [0.5, 0.6) is 0 Å². The van der Waals surface area contributed by atoms with Crippen LogP contribution in [-0.4, -0.2) is 124 Å². The predicted octanol–water partition coefficient (Wildman–Crippen LogP) is 11.7.